The average Bonchev–Trinajstić information content (AvgIpc) is 2.56. The third-order valence-corrected chi connectivity index (χ3v) is 21.3. The maximum absolute atomic E-state index is 12.6. The summed E-state index contributed by atoms with van der Waals surface area (Å²) in [6.07, 6.45) is 11.7. The van der Waals surface area contributed by atoms with Crippen molar-refractivity contribution in [1.82, 2.24) is 40.7 Å². The molecule has 0 unspecified atom stereocenters. The standard InChI is InChI=1S/C23H26ClN3OS.C23H25ClN2OS.C22H25ClN4OS/c1-15-19-7-8-20(24)26-23(19)29-21(15)22(28)25-12-9-16-3-5-17(6-4-16)18-10-13-27(2)14-11-18;1-15-19-11-12-20(24)26-23(19)28-21(15)22(27)25-14-13-16-7-9-18(10-8-16)17-5-3-2-4-6-17;1-15-18-7-8-19(23)25-22(18)29-20(15)21(28)24-10-9-16-3-5-17(6-4-16)27-13-11-26(2)12-14-27/h3-8,18H,9-14H2,1-2H3,(H,25,28);7-12,17H,2-6,13-14H2,1H3,(H,25,27);3-8H,9-14H2,1-2H3,(H,24,28). The van der Waals surface area contributed by atoms with Crippen LogP contribution in [-0.4, -0.2) is 115 Å². The lowest BCUT2D eigenvalue weighted by Crippen LogP contribution is -2.44. The van der Waals surface area contributed by atoms with Gasteiger partial charge in [0.25, 0.3) is 17.7 Å². The molecule has 6 aromatic heterocycles. The number of hydrogen-bond acceptors (Lipinski definition) is 12. The predicted octanol–water partition coefficient (Wildman–Crippen LogP) is 15.3. The Morgan fingerprint density at radius 3 is 1.15 bits per heavy atom. The molecule has 0 radical (unpaired) electrons. The van der Waals surface area contributed by atoms with Crippen LogP contribution in [-0.2, 0) is 19.3 Å². The van der Waals surface area contributed by atoms with Crippen LogP contribution < -0.4 is 20.9 Å². The molecule has 3 fully saturated rings. The number of thiophene rings is 3. The number of piperazine rings is 1. The molecule has 1 aliphatic carbocycles. The minimum absolute atomic E-state index is 0.0320. The topological polar surface area (TPSA) is 136 Å². The van der Waals surface area contributed by atoms with Gasteiger partial charge in [-0.15, -0.1) is 34.0 Å². The Labute approximate surface area is 532 Å². The number of nitrogens with zero attached hydrogens (tertiary/aromatic N) is 6. The predicted molar refractivity (Wildman–Crippen MR) is 361 cm³/mol. The van der Waals surface area contributed by atoms with Gasteiger partial charge in [-0.1, -0.05) is 115 Å². The van der Waals surface area contributed by atoms with E-state index < -0.39 is 0 Å². The zero-order valence-electron chi connectivity index (χ0n) is 49.7. The first-order valence-corrected chi connectivity index (χ1v) is 33.6. The van der Waals surface area contributed by atoms with Crippen LogP contribution in [0.25, 0.3) is 30.6 Å². The molecule has 3 aromatic carbocycles. The monoisotopic (exact) mass is 1270 g/mol. The Balaban J connectivity index is 0.000000143. The number of aryl methyl sites for hydroxylation is 3. The van der Waals surface area contributed by atoms with Crippen molar-refractivity contribution in [3.63, 3.8) is 0 Å². The maximum Gasteiger partial charge on any atom is 0.261 e. The lowest BCUT2D eigenvalue weighted by atomic mass is 9.84. The molecule has 0 spiro atoms. The van der Waals surface area contributed by atoms with E-state index in [1.165, 1.54) is 126 Å². The molecule has 86 heavy (non-hydrogen) atoms. The van der Waals surface area contributed by atoms with E-state index in [2.05, 4.69) is 132 Å². The first kappa shape index (κ1) is 63.0. The molecule has 3 amide bonds. The number of aromatic nitrogens is 3. The van der Waals surface area contributed by atoms with E-state index in [1.54, 1.807) is 18.2 Å². The third-order valence-electron chi connectivity index (χ3n) is 17.1. The van der Waals surface area contributed by atoms with E-state index in [-0.39, 0.29) is 17.7 Å². The van der Waals surface area contributed by atoms with E-state index in [0.29, 0.717) is 50.8 Å². The highest BCUT2D eigenvalue weighted by Crippen LogP contribution is 2.35. The largest absolute Gasteiger partial charge is 0.369 e. The number of halogens is 3. The molecule has 1 saturated carbocycles. The van der Waals surface area contributed by atoms with Crippen molar-refractivity contribution in [3.05, 3.63) is 184 Å². The number of benzene rings is 3. The van der Waals surface area contributed by atoms with Crippen LogP contribution in [0.3, 0.4) is 0 Å². The number of pyridine rings is 3. The summed E-state index contributed by atoms with van der Waals surface area (Å²) in [6.45, 7) is 14.4. The number of nitrogens with one attached hydrogen (secondary N) is 3. The van der Waals surface area contributed by atoms with Gasteiger partial charge in [-0.3, -0.25) is 14.4 Å². The Bertz CT molecular complexity index is 3610. The van der Waals surface area contributed by atoms with Crippen LogP contribution in [0.1, 0.15) is 130 Å². The maximum atomic E-state index is 12.6. The van der Waals surface area contributed by atoms with Crippen LogP contribution >= 0.6 is 68.8 Å². The van der Waals surface area contributed by atoms with E-state index in [9.17, 15) is 14.4 Å². The molecule has 8 heterocycles. The number of amides is 3. The molecule has 12 rings (SSSR count). The summed E-state index contributed by atoms with van der Waals surface area (Å²) in [7, 11) is 4.36. The van der Waals surface area contributed by atoms with Gasteiger partial charge in [-0.05, 0) is 198 Å². The molecule has 2 saturated heterocycles. The molecule has 0 bridgehead atoms. The van der Waals surface area contributed by atoms with Gasteiger partial charge in [0.2, 0.25) is 0 Å². The van der Waals surface area contributed by atoms with Crippen molar-refractivity contribution < 1.29 is 14.4 Å². The van der Waals surface area contributed by atoms with Gasteiger partial charge in [0.15, 0.2) is 0 Å². The fourth-order valence-electron chi connectivity index (χ4n) is 11.7. The normalized spacial score (nSPS) is 15.3. The van der Waals surface area contributed by atoms with Crippen molar-refractivity contribution in [1.29, 1.82) is 0 Å². The SMILES string of the molecule is Cc1c(C(=O)NCCc2ccc(C3CCCCC3)cc2)sc2nc(Cl)ccc12.Cc1c(C(=O)NCCc2ccc(C3CCN(C)CC3)cc2)sc2nc(Cl)ccc12.Cc1c(C(=O)NCCc2ccc(N3CCN(C)CC3)cc2)sc2nc(Cl)ccc12. The summed E-state index contributed by atoms with van der Waals surface area (Å²) in [4.78, 5) is 62.6. The summed E-state index contributed by atoms with van der Waals surface area (Å²) in [5.41, 5.74) is 10.8. The van der Waals surface area contributed by atoms with E-state index in [4.69, 9.17) is 34.8 Å². The van der Waals surface area contributed by atoms with Crippen LogP contribution in [0.4, 0.5) is 5.69 Å². The van der Waals surface area contributed by atoms with Crippen LogP contribution in [0.2, 0.25) is 15.5 Å². The molecule has 450 valence electrons. The highest BCUT2D eigenvalue weighted by atomic mass is 35.5. The quantitative estimate of drug-likeness (QED) is 0.0857. The minimum atomic E-state index is -0.0457. The molecular weight excluding hydrogens is 1190 g/mol. The average molecular weight is 1270 g/mol. The van der Waals surface area contributed by atoms with E-state index in [1.807, 2.05) is 39.0 Å². The number of anilines is 1. The molecule has 12 nitrogen and oxygen atoms in total. The molecule has 0 atom stereocenters. The Morgan fingerprint density at radius 2 is 0.779 bits per heavy atom. The third kappa shape index (κ3) is 16.2. The molecule has 9 aromatic rings. The van der Waals surface area contributed by atoms with E-state index in [0.717, 1.165) is 104 Å². The second kappa shape index (κ2) is 29.8. The summed E-state index contributed by atoms with van der Waals surface area (Å²) < 4.78 is 0. The van der Waals surface area contributed by atoms with Crippen LogP contribution in [0.5, 0.6) is 0 Å². The van der Waals surface area contributed by atoms with Gasteiger partial charge < -0.3 is 30.7 Å². The zero-order chi connectivity index (χ0) is 60.3. The summed E-state index contributed by atoms with van der Waals surface area (Å²) in [5.74, 6) is 1.30. The number of likely N-dealkylation sites (tertiary alicyclic amines) is 1. The number of likely N-dealkylation sites (N-methyl/N-ethyl adjacent to an activating group) is 1. The smallest absolute Gasteiger partial charge is 0.261 e. The zero-order valence-corrected chi connectivity index (χ0v) is 54.5. The Kier molecular flexibility index (Phi) is 21.8. The first-order valence-electron chi connectivity index (χ1n) is 30.0. The Morgan fingerprint density at radius 1 is 0.442 bits per heavy atom. The summed E-state index contributed by atoms with van der Waals surface area (Å²) in [6, 6.07) is 37.7. The van der Waals surface area contributed by atoms with Crippen molar-refractivity contribution in [2.75, 3.05) is 77.9 Å². The molecule has 3 N–H and O–H groups in total. The van der Waals surface area contributed by atoms with Crippen LogP contribution in [0.15, 0.2) is 109 Å². The number of carbonyl (C=O) groups is 3. The van der Waals surface area contributed by atoms with Gasteiger partial charge in [0.05, 0.1) is 14.6 Å². The molecular formula is C68H76Cl3N9O3S3. The minimum Gasteiger partial charge on any atom is -0.369 e. The molecule has 2 aliphatic heterocycles. The van der Waals surface area contributed by atoms with Gasteiger partial charge in [0.1, 0.15) is 30.0 Å². The number of hydrogen-bond donors (Lipinski definition) is 3. The highest BCUT2D eigenvalue weighted by Gasteiger charge is 2.22. The lowest BCUT2D eigenvalue weighted by molar-refractivity contribution is 0.0949. The van der Waals surface area contributed by atoms with Crippen LogP contribution in [0, 0.1) is 20.8 Å². The first-order chi connectivity index (χ1) is 41.6. The number of piperidine rings is 1. The van der Waals surface area contributed by atoms with Crippen molar-refractivity contribution in [3.8, 4) is 0 Å². The second-order valence-electron chi connectivity index (χ2n) is 23.0. The lowest BCUT2D eigenvalue weighted by Gasteiger charge is -2.34. The van der Waals surface area contributed by atoms with E-state index >= 15 is 0 Å². The Hall–Kier alpha value is -6.01. The number of rotatable bonds is 15. The van der Waals surface area contributed by atoms with Gasteiger partial charge in [0, 0.05) is 67.7 Å². The summed E-state index contributed by atoms with van der Waals surface area (Å²) >= 11 is 22.1. The fourth-order valence-corrected chi connectivity index (χ4v) is 15.6. The molecule has 3 aliphatic rings. The van der Waals surface area contributed by atoms with Gasteiger partial charge in [-0.2, -0.15) is 0 Å². The second-order valence-corrected chi connectivity index (χ2v) is 27.2. The van der Waals surface area contributed by atoms with Gasteiger partial charge in [-0.25, -0.2) is 15.0 Å². The molecule has 18 heteroatoms. The van der Waals surface area contributed by atoms with Crippen molar-refractivity contribution in [2.45, 2.75) is 96.8 Å². The number of fused-ring (bicyclic) bond motifs is 3. The summed E-state index contributed by atoms with van der Waals surface area (Å²) in [5, 5.41) is 13.5. The van der Waals surface area contributed by atoms with Crippen molar-refractivity contribution in [2.24, 2.45) is 0 Å². The van der Waals surface area contributed by atoms with Crippen molar-refractivity contribution >= 4 is 123 Å². The van der Waals surface area contributed by atoms with Gasteiger partial charge >= 0.3 is 0 Å². The number of carbonyl (C=O) groups excluding carboxylic acids is 3. The fraction of sp³-hybridized carbons (Fsp3) is 0.382. The highest BCUT2D eigenvalue weighted by molar-refractivity contribution is 7.21.